The summed E-state index contributed by atoms with van der Waals surface area (Å²) in [6.45, 7) is 4.31. The fourth-order valence-corrected chi connectivity index (χ4v) is 9.16. The summed E-state index contributed by atoms with van der Waals surface area (Å²) < 4.78 is 29.1. The van der Waals surface area contributed by atoms with Crippen LogP contribution < -0.4 is 0 Å². The van der Waals surface area contributed by atoms with Gasteiger partial charge < -0.3 is 0 Å². The maximum Gasteiger partial charge on any atom is 0.123 e. The second-order valence-corrected chi connectivity index (χ2v) is 14.1. The highest BCUT2D eigenvalue weighted by Gasteiger charge is 2.25. The Balaban J connectivity index is 1.47. The molecule has 0 atom stereocenters. The van der Waals surface area contributed by atoms with Gasteiger partial charge in [-0.2, -0.15) is 0 Å². The third-order valence-corrected chi connectivity index (χ3v) is 11.1. The minimum atomic E-state index is -0.260. The normalized spacial score (nSPS) is 12.4. The summed E-state index contributed by atoms with van der Waals surface area (Å²) in [5, 5.41) is 19.2. The molecule has 0 nitrogen and oxygen atoms in total. The Morgan fingerprint density at radius 1 is 0.320 bits per heavy atom. The number of halogens is 2. The molecule has 0 amide bonds. The number of fused-ring (bicyclic) bond motifs is 9. The predicted octanol–water partition coefficient (Wildman–Crippen LogP) is 14.0. The van der Waals surface area contributed by atoms with Crippen molar-refractivity contribution in [3.8, 4) is 22.3 Å². The lowest BCUT2D eigenvalue weighted by molar-refractivity contribution is 0.627. The van der Waals surface area contributed by atoms with E-state index >= 15 is 0 Å². The van der Waals surface area contributed by atoms with Crippen molar-refractivity contribution < 1.29 is 8.78 Å². The summed E-state index contributed by atoms with van der Waals surface area (Å²) in [5.41, 5.74) is 6.51. The molecule has 0 aliphatic heterocycles. The highest BCUT2D eigenvalue weighted by atomic mass is 19.1. The van der Waals surface area contributed by atoms with Crippen LogP contribution in [0.25, 0.3) is 108 Å². The molecule has 11 aromatic rings. The Kier molecular flexibility index (Phi) is 5.41. The van der Waals surface area contributed by atoms with Gasteiger partial charge in [0.15, 0.2) is 0 Å². The van der Waals surface area contributed by atoms with Crippen molar-refractivity contribution in [1.29, 1.82) is 0 Å². The average molecular weight is 643 g/mol. The van der Waals surface area contributed by atoms with Gasteiger partial charge in [0.05, 0.1) is 0 Å². The van der Waals surface area contributed by atoms with Crippen LogP contribution in [0, 0.1) is 25.5 Å². The second kappa shape index (κ2) is 9.74. The van der Waals surface area contributed by atoms with Crippen molar-refractivity contribution in [3.63, 3.8) is 0 Å². The molecule has 11 aromatic carbocycles. The molecule has 50 heavy (non-hydrogen) atoms. The maximum atomic E-state index is 14.6. The highest BCUT2D eigenvalue weighted by Crippen LogP contribution is 2.53. The molecule has 0 unspecified atom stereocenters. The summed E-state index contributed by atoms with van der Waals surface area (Å²) >= 11 is 0. The van der Waals surface area contributed by atoms with Crippen LogP contribution in [-0.2, 0) is 0 Å². The monoisotopic (exact) mass is 642 g/mol. The summed E-state index contributed by atoms with van der Waals surface area (Å²) in [7, 11) is 0. The van der Waals surface area contributed by atoms with Crippen LogP contribution in [0.4, 0.5) is 8.78 Å². The first-order chi connectivity index (χ1) is 24.4. The first-order valence-corrected chi connectivity index (χ1v) is 17.1. The van der Waals surface area contributed by atoms with Crippen LogP contribution >= 0.6 is 0 Å². The van der Waals surface area contributed by atoms with Crippen molar-refractivity contribution >= 4 is 86.2 Å². The number of rotatable bonds is 2. The lowest BCUT2D eigenvalue weighted by atomic mass is 9.85. The molecule has 2 heteroatoms. The van der Waals surface area contributed by atoms with Gasteiger partial charge in [-0.25, -0.2) is 8.78 Å². The molecule has 0 radical (unpaired) electrons. The largest absolute Gasteiger partial charge is 0.207 e. The molecule has 0 bridgehead atoms. The Labute approximate surface area is 286 Å². The van der Waals surface area contributed by atoms with Gasteiger partial charge in [0.1, 0.15) is 11.6 Å². The van der Waals surface area contributed by atoms with E-state index in [1.54, 1.807) is 24.3 Å². The Hall–Kier alpha value is -6.12. The van der Waals surface area contributed by atoms with Gasteiger partial charge in [-0.05, 0) is 176 Å². The van der Waals surface area contributed by atoms with E-state index in [-0.39, 0.29) is 11.6 Å². The maximum absolute atomic E-state index is 14.6. The van der Waals surface area contributed by atoms with Gasteiger partial charge in [-0.1, -0.05) is 91.0 Å². The molecule has 0 aliphatic carbocycles. The molecule has 0 aliphatic rings. The van der Waals surface area contributed by atoms with E-state index < -0.39 is 0 Å². The first kappa shape index (κ1) is 27.8. The third-order valence-electron chi connectivity index (χ3n) is 11.1. The van der Waals surface area contributed by atoms with E-state index in [0.717, 1.165) is 43.8 Å². The van der Waals surface area contributed by atoms with Crippen molar-refractivity contribution in [2.75, 3.05) is 0 Å². The van der Waals surface area contributed by atoms with Crippen molar-refractivity contribution in [3.05, 3.63) is 156 Å². The second-order valence-electron chi connectivity index (χ2n) is 14.1. The van der Waals surface area contributed by atoms with Crippen molar-refractivity contribution in [1.82, 2.24) is 0 Å². The van der Waals surface area contributed by atoms with E-state index in [4.69, 9.17) is 0 Å². The Morgan fingerprint density at radius 2 is 0.820 bits per heavy atom. The van der Waals surface area contributed by atoms with Crippen molar-refractivity contribution in [2.45, 2.75) is 13.8 Å². The summed E-state index contributed by atoms with van der Waals surface area (Å²) in [4.78, 5) is 0. The van der Waals surface area contributed by atoms with E-state index in [2.05, 4.69) is 98.8 Å². The standard InChI is InChI=1S/C48H28F2/c1-25-18-30-19-26(2)21-42-43(30)41(20-25)47-44(27-10-14-31(49)15-11-27)39-23-36-35-9-5-8-34-33-7-4-3-6-29(33)22-38(46(34)35)37(36)24-40(39)45(48(42)47)28-12-16-32(50)17-13-28/h3-24H,1-2H3. The van der Waals surface area contributed by atoms with Gasteiger partial charge in [0.25, 0.3) is 0 Å². The lowest BCUT2D eigenvalue weighted by Crippen LogP contribution is -1.90. The number of hydrogen-bond donors (Lipinski definition) is 0. The smallest absolute Gasteiger partial charge is 0.123 e. The van der Waals surface area contributed by atoms with Gasteiger partial charge in [0, 0.05) is 0 Å². The fourth-order valence-electron chi connectivity index (χ4n) is 9.16. The van der Waals surface area contributed by atoms with Crippen molar-refractivity contribution in [2.24, 2.45) is 0 Å². The van der Waals surface area contributed by atoms with E-state index in [1.807, 2.05) is 24.3 Å². The SMILES string of the molecule is Cc1cc2cc(C)cc3c4c(-c5ccc(F)cc5)c5cc6c(cc5c(-c5ccc(F)cc5)c4c(c1)c23)c1cccc2c3ccccc3cc6c21. The van der Waals surface area contributed by atoms with Gasteiger partial charge in [-0.3, -0.25) is 0 Å². The van der Waals surface area contributed by atoms with Crippen LogP contribution in [0.2, 0.25) is 0 Å². The number of aryl methyl sites for hydroxylation is 2. The zero-order chi connectivity index (χ0) is 33.4. The van der Waals surface area contributed by atoms with E-state index in [0.29, 0.717) is 0 Å². The zero-order valence-corrected chi connectivity index (χ0v) is 27.5. The van der Waals surface area contributed by atoms with Gasteiger partial charge >= 0.3 is 0 Å². The Bertz CT molecular complexity index is 3200. The van der Waals surface area contributed by atoms with E-state index in [1.165, 1.54) is 75.8 Å². The minimum absolute atomic E-state index is 0.260. The first-order valence-electron chi connectivity index (χ1n) is 17.1. The topological polar surface area (TPSA) is 0 Å². The van der Waals surface area contributed by atoms with Crippen LogP contribution in [0.3, 0.4) is 0 Å². The minimum Gasteiger partial charge on any atom is -0.207 e. The van der Waals surface area contributed by atoms with Crippen LogP contribution in [0.1, 0.15) is 11.1 Å². The third kappa shape index (κ3) is 3.63. The van der Waals surface area contributed by atoms with Gasteiger partial charge in [-0.15, -0.1) is 0 Å². The van der Waals surface area contributed by atoms with Crippen LogP contribution in [0.5, 0.6) is 0 Å². The molecular weight excluding hydrogens is 615 g/mol. The van der Waals surface area contributed by atoms with Crippen LogP contribution in [-0.4, -0.2) is 0 Å². The molecule has 0 saturated carbocycles. The Morgan fingerprint density at radius 3 is 1.40 bits per heavy atom. The fraction of sp³-hybridized carbons (Fsp3) is 0.0417. The molecule has 11 rings (SSSR count). The molecule has 0 saturated heterocycles. The molecule has 0 spiro atoms. The predicted molar refractivity (Wildman–Crippen MR) is 209 cm³/mol. The quantitative estimate of drug-likeness (QED) is 0.165. The summed E-state index contributed by atoms with van der Waals surface area (Å²) in [6, 6.07) is 45.4. The number of hydrogen-bond acceptors (Lipinski definition) is 0. The molecular formula is C48H28F2. The summed E-state index contributed by atoms with van der Waals surface area (Å²) in [5.74, 6) is -0.519. The number of benzene rings is 9. The average Bonchev–Trinajstić information content (AvgIpc) is 3.60. The molecule has 0 N–H and O–H groups in total. The van der Waals surface area contributed by atoms with Crippen LogP contribution in [0.15, 0.2) is 133 Å². The molecule has 0 aromatic heterocycles. The van der Waals surface area contributed by atoms with E-state index in [9.17, 15) is 8.78 Å². The highest BCUT2D eigenvalue weighted by molar-refractivity contribution is 6.42. The molecule has 0 fully saturated rings. The lowest BCUT2D eigenvalue weighted by Gasteiger charge is -2.17. The molecule has 234 valence electrons. The summed E-state index contributed by atoms with van der Waals surface area (Å²) in [6.07, 6.45) is 0. The molecule has 0 heterocycles. The van der Waals surface area contributed by atoms with Gasteiger partial charge in [0.2, 0.25) is 0 Å². The zero-order valence-electron chi connectivity index (χ0n) is 27.5.